The van der Waals surface area contributed by atoms with Crippen LogP contribution in [0.1, 0.15) is 6.92 Å². The zero-order chi connectivity index (χ0) is 10.4. The maximum Gasteiger partial charge on any atom is 0.0323 e. The van der Waals surface area contributed by atoms with Crippen LogP contribution in [0.15, 0.2) is 36.6 Å². The summed E-state index contributed by atoms with van der Waals surface area (Å²) in [6.07, 6.45) is 8.09. The highest BCUT2D eigenvalue weighted by atomic mass is 15.2. The van der Waals surface area contributed by atoms with Crippen molar-refractivity contribution in [1.29, 1.82) is 0 Å². The Hall–Kier alpha value is -1.02. The van der Waals surface area contributed by atoms with E-state index in [0.717, 1.165) is 26.2 Å². The number of piperazine rings is 1. The van der Waals surface area contributed by atoms with Crippen molar-refractivity contribution >= 4 is 0 Å². The molecule has 14 heavy (non-hydrogen) atoms. The molecule has 2 heteroatoms. The fraction of sp³-hybridized carbons (Fsp3) is 0.500. The lowest BCUT2D eigenvalue weighted by Crippen LogP contribution is -2.43. The Balaban J connectivity index is 2.54. The molecule has 2 nitrogen and oxygen atoms in total. The number of rotatable bonds is 3. The summed E-state index contributed by atoms with van der Waals surface area (Å²) in [4.78, 5) is 4.78. The minimum absolute atomic E-state index is 1.12. The van der Waals surface area contributed by atoms with Gasteiger partial charge in [-0.25, -0.2) is 0 Å². The van der Waals surface area contributed by atoms with Crippen LogP contribution >= 0.6 is 0 Å². The number of nitrogens with zero attached hydrogens (tertiary/aromatic N) is 2. The van der Waals surface area contributed by atoms with Gasteiger partial charge in [-0.2, -0.15) is 0 Å². The first-order chi connectivity index (χ1) is 6.77. The second-order valence-electron chi connectivity index (χ2n) is 3.60. The van der Waals surface area contributed by atoms with Crippen molar-refractivity contribution < 1.29 is 0 Å². The summed E-state index contributed by atoms with van der Waals surface area (Å²) in [5, 5.41) is 0. The second-order valence-corrected chi connectivity index (χ2v) is 3.60. The summed E-state index contributed by atoms with van der Waals surface area (Å²) in [5.74, 6) is 0. The molecule has 1 aliphatic rings. The van der Waals surface area contributed by atoms with Gasteiger partial charge in [0, 0.05) is 31.9 Å². The van der Waals surface area contributed by atoms with Crippen LogP contribution in [0.3, 0.4) is 0 Å². The molecule has 0 aromatic carbocycles. The van der Waals surface area contributed by atoms with Crippen LogP contribution in [0.25, 0.3) is 0 Å². The van der Waals surface area contributed by atoms with Gasteiger partial charge in [-0.15, -0.1) is 0 Å². The SMILES string of the molecule is C=C/C=C\C(=C/C)N1CCN(C)CC1. The van der Waals surface area contributed by atoms with Gasteiger partial charge in [0.2, 0.25) is 0 Å². The van der Waals surface area contributed by atoms with Gasteiger partial charge < -0.3 is 9.80 Å². The molecule has 0 radical (unpaired) electrons. The summed E-state index contributed by atoms with van der Waals surface area (Å²) in [6, 6.07) is 0. The molecule has 78 valence electrons. The van der Waals surface area contributed by atoms with Crippen molar-refractivity contribution in [3.05, 3.63) is 36.6 Å². The molecule has 0 atom stereocenters. The molecule has 1 aliphatic heterocycles. The molecule has 1 saturated heterocycles. The highest BCUT2D eigenvalue weighted by Crippen LogP contribution is 2.09. The van der Waals surface area contributed by atoms with E-state index in [1.807, 2.05) is 12.2 Å². The van der Waals surface area contributed by atoms with Crippen LogP contribution in [-0.4, -0.2) is 43.0 Å². The standard InChI is InChI=1S/C12H20N2/c1-4-6-7-12(5-2)14-10-8-13(3)9-11-14/h4-7H,1,8-11H2,2-3H3/b7-6-,12-5+. The van der Waals surface area contributed by atoms with Crippen LogP contribution in [0.2, 0.25) is 0 Å². The van der Waals surface area contributed by atoms with Gasteiger partial charge >= 0.3 is 0 Å². The van der Waals surface area contributed by atoms with Crippen LogP contribution in [0.5, 0.6) is 0 Å². The highest BCUT2D eigenvalue weighted by Gasteiger charge is 2.13. The van der Waals surface area contributed by atoms with Crippen LogP contribution < -0.4 is 0 Å². The van der Waals surface area contributed by atoms with Crippen LogP contribution in [-0.2, 0) is 0 Å². The number of allylic oxidation sites excluding steroid dienone is 4. The lowest BCUT2D eigenvalue weighted by molar-refractivity contribution is 0.190. The van der Waals surface area contributed by atoms with E-state index in [-0.39, 0.29) is 0 Å². The van der Waals surface area contributed by atoms with Crippen molar-refractivity contribution in [3.63, 3.8) is 0 Å². The van der Waals surface area contributed by atoms with E-state index in [9.17, 15) is 0 Å². The third kappa shape index (κ3) is 3.04. The Morgan fingerprint density at radius 2 is 1.86 bits per heavy atom. The van der Waals surface area contributed by atoms with Crippen LogP contribution in [0.4, 0.5) is 0 Å². The molecule has 0 N–H and O–H groups in total. The Labute approximate surface area is 87.2 Å². The summed E-state index contributed by atoms with van der Waals surface area (Å²) >= 11 is 0. The Morgan fingerprint density at radius 1 is 1.21 bits per heavy atom. The Morgan fingerprint density at radius 3 is 2.36 bits per heavy atom. The van der Waals surface area contributed by atoms with Gasteiger partial charge in [-0.1, -0.05) is 24.8 Å². The van der Waals surface area contributed by atoms with Crippen molar-refractivity contribution in [2.75, 3.05) is 33.2 Å². The first kappa shape index (κ1) is 11.1. The van der Waals surface area contributed by atoms with Crippen molar-refractivity contribution in [2.24, 2.45) is 0 Å². The minimum Gasteiger partial charge on any atom is -0.369 e. The quantitative estimate of drug-likeness (QED) is 0.630. The van der Waals surface area contributed by atoms with E-state index >= 15 is 0 Å². The van der Waals surface area contributed by atoms with Crippen molar-refractivity contribution in [2.45, 2.75) is 6.92 Å². The van der Waals surface area contributed by atoms with Gasteiger partial charge in [0.15, 0.2) is 0 Å². The number of hydrogen-bond acceptors (Lipinski definition) is 2. The smallest absolute Gasteiger partial charge is 0.0323 e. The maximum absolute atomic E-state index is 3.68. The van der Waals surface area contributed by atoms with Gasteiger partial charge in [0.1, 0.15) is 0 Å². The third-order valence-corrected chi connectivity index (χ3v) is 2.57. The number of likely N-dealkylation sites (N-methyl/N-ethyl adjacent to an activating group) is 1. The van der Waals surface area contributed by atoms with E-state index in [1.54, 1.807) is 0 Å². The lowest BCUT2D eigenvalue weighted by Gasteiger charge is -2.34. The summed E-state index contributed by atoms with van der Waals surface area (Å²) in [7, 11) is 2.17. The van der Waals surface area contributed by atoms with E-state index in [1.165, 1.54) is 5.70 Å². The molecular formula is C12H20N2. The van der Waals surface area contributed by atoms with Gasteiger partial charge in [0.05, 0.1) is 0 Å². The number of hydrogen-bond donors (Lipinski definition) is 0. The van der Waals surface area contributed by atoms with Crippen molar-refractivity contribution in [1.82, 2.24) is 9.80 Å². The lowest BCUT2D eigenvalue weighted by atomic mass is 10.2. The van der Waals surface area contributed by atoms with Gasteiger partial charge in [-0.05, 0) is 20.0 Å². The monoisotopic (exact) mass is 192 g/mol. The predicted molar refractivity (Wildman–Crippen MR) is 62.2 cm³/mol. The average Bonchev–Trinajstić information content (AvgIpc) is 2.21. The van der Waals surface area contributed by atoms with Gasteiger partial charge in [-0.3, -0.25) is 0 Å². The second kappa shape index (κ2) is 5.66. The third-order valence-electron chi connectivity index (χ3n) is 2.57. The van der Waals surface area contributed by atoms with Crippen molar-refractivity contribution in [3.8, 4) is 0 Å². The zero-order valence-corrected chi connectivity index (χ0v) is 9.24. The molecule has 0 amide bonds. The molecule has 1 fully saturated rings. The molecule has 0 aromatic heterocycles. The molecular weight excluding hydrogens is 172 g/mol. The van der Waals surface area contributed by atoms with E-state index < -0.39 is 0 Å². The topological polar surface area (TPSA) is 6.48 Å². The first-order valence-corrected chi connectivity index (χ1v) is 5.17. The molecule has 1 heterocycles. The molecule has 0 spiro atoms. The molecule has 1 rings (SSSR count). The molecule has 0 saturated carbocycles. The maximum atomic E-state index is 3.68. The largest absolute Gasteiger partial charge is 0.369 e. The Kier molecular flexibility index (Phi) is 4.47. The fourth-order valence-corrected chi connectivity index (χ4v) is 1.62. The van der Waals surface area contributed by atoms with Crippen LogP contribution in [0, 0.1) is 0 Å². The molecule has 0 unspecified atom stereocenters. The van der Waals surface area contributed by atoms with E-state index in [2.05, 4.69) is 42.5 Å². The van der Waals surface area contributed by atoms with Gasteiger partial charge in [0.25, 0.3) is 0 Å². The summed E-state index contributed by atoms with van der Waals surface area (Å²) in [6.45, 7) is 10.3. The highest BCUT2D eigenvalue weighted by molar-refractivity contribution is 5.20. The van der Waals surface area contributed by atoms with E-state index in [4.69, 9.17) is 0 Å². The Bertz CT molecular complexity index is 233. The normalized spacial score (nSPS) is 20.4. The van der Waals surface area contributed by atoms with E-state index in [0.29, 0.717) is 0 Å². The molecule has 0 bridgehead atoms. The minimum atomic E-state index is 1.12. The average molecular weight is 192 g/mol. The summed E-state index contributed by atoms with van der Waals surface area (Å²) in [5.41, 5.74) is 1.30. The molecule has 0 aromatic rings. The first-order valence-electron chi connectivity index (χ1n) is 5.17. The molecule has 0 aliphatic carbocycles. The predicted octanol–water partition coefficient (Wildman–Crippen LogP) is 1.88. The fourth-order valence-electron chi connectivity index (χ4n) is 1.62. The zero-order valence-electron chi connectivity index (χ0n) is 9.24. The summed E-state index contributed by atoms with van der Waals surface area (Å²) < 4.78 is 0.